The number of hydrogen-bond acceptors (Lipinski definition) is 4. The van der Waals surface area contributed by atoms with Crippen molar-refractivity contribution in [1.82, 2.24) is 15.5 Å². The summed E-state index contributed by atoms with van der Waals surface area (Å²) in [4.78, 5) is 2.33. The van der Waals surface area contributed by atoms with Gasteiger partial charge < -0.3 is 10.2 Å². The highest BCUT2D eigenvalue weighted by molar-refractivity contribution is 8.93. The van der Waals surface area contributed by atoms with Gasteiger partial charge >= 0.3 is 0 Å². The van der Waals surface area contributed by atoms with Crippen molar-refractivity contribution in [2.45, 2.75) is 32.7 Å². The molecule has 0 aliphatic carbocycles. The Morgan fingerprint density at radius 1 is 1.32 bits per heavy atom. The molecule has 19 heavy (non-hydrogen) atoms. The van der Waals surface area contributed by atoms with E-state index in [4.69, 9.17) is 0 Å². The summed E-state index contributed by atoms with van der Waals surface area (Å²) in [6.45, 7) is 7.75. The standard InChI is InChI=1S/C13H22N4.2BrH/c1-11(2)14-10-12-5-8-17(9-6-12)13-4-3-7-15-16-13;;/h3-4,7,11-12,14H,5-6,8-10H2,1-2H3;2*1H. The van der Waals surface area contributed by atoms with Gasteiger partial charge in [-0.2, -0.15) is 5.10 Å². The van der Waals surface area contributed by atoms with Gasteiger partial charge in [-0.05, 0) is 37.4 Å². The summed E-state index contributed by atoms with van der Waals surface area (Å²) in [5, 5.41) is 11.6. The maximum Gasteiger partial charge on any atom is 0.151 e. The van der Waals surface area contributed by atoms with Crippen LogP contribution in [0.15, 0.2) is 18.3 Å². The second-order valence-electron chi connectivity index (χ2n) is 5.08. The lowest BCUT2D eigenvalue weighted by Crippen LogP contribution is -2.39. The molecule has 2 heterocycles. The van der Waals surface area contributed by atoms with E-state index in [0.717, 1.165) is 31.4 Å². The Kier molecular flexibility index (Phi) is 9.56. The lowest BCUT2D eigenvalue weighted by molar-refractivity contribution is 0.369. The van der Waals surface area contributed by atoms with Gasteiger partial charge in [-0.15, -0.1) is 39.1 Å². The van der Waals surface area contributed by atoms with E-state index in [1.165, 1.54) is 12.8 Å². The first-order chi connectivity index (χ1) is 8.25. The smallest absolute Gasteiger partial charge is 0.151 e. The van der Waals surface area contributed by atoms with Crippen LogP contribution in [0.2, 0.25) is 0 Å². The van der Waals surface area contributed by atoms with Crippen LogP contribution in [0.1, 0.15) is 26.7 Å². The van der Waals surface area contributed by atoms with Crippen molar-refractivity contribution >= 4 is 39.8 Å². The lowest BCUT2D eigenvalue weighted by atomic mass is 9.96. The highest BCUT2D eigenvalue weighted by Gasteiger charge is 2.19. The van der Waals surface area contributed by atoms with Gasteiger partial charge in [-0.3, -0.25) is 0 Å². The molecule has 1 aromatic heterocycles. The number of hydrogen-bond donors (Lipinski definition) is 1. The molecule has 6 heteroatoms. The minimum Gasteiger partial charge on any atom is -0.355 e. The van der Waals surface area contributed by atoms with Crippen molar-refractivity contribution in [2.24, 2.45) is 5.92 Å². The quantitative estimate of drug-likeness (QED) is 0.850. The predicted molar refractivity (Wildman–Crippen MR) is 90.8 cm³/mol. The van der Waals surface area contributed by atoms with Crippen LogP contribution >= 0.6 is 34.0 Å². The molecule has 1 aliphatic heterocycles. The molecule has 1 N–H and O–H groups in total. The first kappa shape index (κ1) is 18.8. The normalized spacial score (nSPS) is 15.8. The largest absolute Gasteiger partial charge is 0.355 e. The molecular formula is C13H24Br2N4. The zero-order chi connectivity index (χ0) is 12.1. The molecule has 0 radical (unpaired) electrons. The van der Waals surface area contributed by atoms with Gasteiger partial charge in [0.1, 0.15) is 0 Å². The highest BCUT2D eigenvalue weighted by atomic mass is 79.9. The third-order valence-corrected chi connectivity index (χ3v) is 3.31. The summed E-state index contributed by atoms with van der Waals surface area (Å²) in [7, 11) is 0. The van der Waals surface area contributed by atoms with Crippen molar-refractivity contribution < 1.29 is 0 Å². The Balaban J connectivity index is 0.00000162. The fourth-order valence-electron chi connectivity index (χ4n) is 2.23. The summed E-state index contributed by atoms with van der Waals surface area (Å²) in [5.74, 6) is 1.83. The van der Waals surface area contributed by atoms with E-state index in [2.05, 4.69) is 34.3 Å². The first-order valence-corrected chi connectivity index (χ1v) is 6.51. The monoisotopic (exact) mass is 394 g/mol. The lowest BCUT2D eigenvalue weighted by Gasteiger charge is -2.32. The highest BCUT2D eigenvalue weighted by Crippen LogP contribution is 2.20. The zero-order valence-electron chi connectivity index (χ0n) is 11.6. The summed E-state index contributed by atoms with van der Waals surface area (Å²) in [6.07, 6.45) is 4.22. The third kappa shape index (κ3) is 6.19. The van der Waals surface area contributed by atoms with Gasteiger partial charge in [0.15, 0.2) is 5.82 Å². The second-order valence-corrected chi connectivity index (χ2v) is 5.08. The molecule has 4 nitrogen and oxygen atoms in total. The Morgan fingerprint density at radius 3 is 2.53 bits per heavy atom. The molecule has 2 rings (SSSR count). The number of piperidine rings is 1. The van der Waals surface area contributed by atoms with E-state index in [9.17, 15) is 0 Å². The van der Waals surface area contributed by atoms with Gasteiger partial charge in [0, 0.05) is 25.3 Å². The maximum atomic E-state index is 4.16. The Labute approximate surface area is 136 Å². The number of aromatic nitrogens is 2. The summed E-state index contributed by atoms with van der Waals surface area (Å²) in [5.41, 5.74) is 0. The maximum absolute atomic E-state index is 4.16. The summed E-state index contributed by atoms with van der Waals surface area (Å²) >= 11 is 0. The van der Waals surface area contributed by atoms with Crippen molar-refractivity contribution in [3.63, 3.8) is 0 Å². The van der Waals surface area contributed by atoms with Crippen LogP contribution < -0.4 is 10.2 Å². The van der Waals surface area contributed by atoms with Gasteiger partial charge in [0.05, 0.1) is 0 Å². The van der Waals surface area contributed by atoms with Crippen molar-refractivity contribution in [3.8, 4) is 0 Å². The van der Waals surface area contributed by atoms with Crippen molar-refractivity contribution in [2.75, 3.05) is 24.5 Å². The number of nitrogens with one attached hydrogen (secondary N) is 1. The molecule has 0 amide bonds. The molecule has 1 fully saturated rings. The van der Waals surface area contributed by atoms with E-state index < -0.39 is 0 Å². The van der Waals surface area contributed by atoms with Gasteiger partial charge in [0.25, 0.3) is 0 Å². The van der Waals surface area contributed by atoms with Crippen LogP contribution in [0.3, 0.4) is 0 Å². The predicted octanol–water partition coefficient (Wildman–Crippen LogP) is 2.85. The average Bonchev–Trinajstić information content (AvgIpc) is 2.38. The van der Waals surface area contributed by atoms with Crippen molar-refractivity contribution in [3.05, 3.63) is 18.3 Å². The molecule has 0 bridgehead atoms. The minimum atomic E-state index is 0. The van der Waals surface area contributed by atoms with Crippen molar-refractivity contribution in [1.29, 1.82) is 0 Å². The third-order valence-electron chi connectivity index (χ3n) is 3.31. The minimum absolute atomic E-state index is 0. The molecule has 110 valence electrons. The summed E-state index contributed by atoms with van der Waals surface area (Å²) in [6, 6.07) is 4.59. The van der Waals surface area contributed by atoms with E-state index in [-0.39, 0.29) is 34.0 Å². The summed E-state index contributed by atoms with van der Waals surface area (Å²) < 4.78 is 0. The molecular weight excluding hydrogens is 372 g/mol. The molecule has 1 aromatic rings. The van der Waals surface area contributed by atoms with Crippen LogP contribution in [0, 0.1) is 5.92 Å². The van der Waals surface area contributed by atoms with Crippen LogP contribution in [0.5, 0.6) is 0 Å². The molecule has 0 spiro atoms. The number of anilines is 1. The SMILES string of the molecule is Br.Br.CC(C)NCC1CCN(c2cccnn2)CC1. The second kappa shape index (κ2) is 9.66. The van der Waals surface area contributed by atoms with Crippen LogP contribution in [0.25, 0.3) is 0 Å². The van der Waals surface area contributed by atoms with Gasteiger partial charge in [0.2, 0.25) is 0 Å². The number of nitrogens with zero attached hydrogens (tertiary/aromatic N) is 3. The van der Waals surface area contributed by atoms with E-state index in [1.807, 2.05) is 12.1 Å². The van der Waals surface area contributed by atoms with E-state index in [1.54, 1.807) is 6.20 Å². The van der Waals surface area contributed by atoms with Crippen LogP contribution in [0.4, 0.5) is 5.82 Å². The fraction of sp³-hybridized carbons (Fsp3) is 0.692. The van der Waals surface area contributed by atoms with Gasteiger partial charge in [-0.1, -0.05) is 13.8 Å². The Morgan fingerprint density at radius 2 is 2.00 bits per heavy atom. The van der Waals surface area contributed by atoms with E-state index in [0.29, 0.717) is 6.04 Å². The molecule has 0 atom stereocenters. The zero-order valence-corrected chi connectivity index (χ0v) is 15.0. The topological polar surface area (TPSA) is 41.0 Å². The van der Waals surface area contributed by atoms with Gasteiger partial charge in [-0.25, -0.2) is 0 Å². The molecule has 0 saturated carbocycles. The number of rotatable bonds is 4. The van der Waals surface area contributed by atoms with Crippen LogP contribution in [-0.4, -0.2) is 35.9 Å². The average molecular weight is 396 g/mol. The Bertz CT molecular complexity index is 327. The number of halogens is 2. The molecule has 1 saturated heterocycles. The van der Waals surface area contributed by atoms with E-state index >= 15 is 0 Å². The molecule has 0 aromatic carbocycles. The molecule has 0 unspecified atom stereocenters. The fourth-order valence-corrected chi connectivity index (χ4v) is 2.23. The first-order valence-electron chi connectivity index (χ1n) is 6.51. The molecule has 1 aliphatic rings. The van der Waals surface area contributed by atoms with Crippen LogP contribution in [-0.2, 0) is 0 Å². The Hall–Kier alpha value is -0.200.